The predicted molar refractivity (Wildman–Crippen MR) is 99.6 cm³/mol. The van der Waals surface area contributed by atoms with Crippen molar-refractivity contribution in [2.45, 2.75) is 45.6 Å². The summed E-state index contributed by atoms with van der Waals surface area (Å²) in [4.78, 5) is 0. The summed E-state index contributed by atoms with van der Waals surface area (Å²) >= 11 is 6.22. The molecule has 0 spiro atoms. The van der Waals surface area contributed by atoms with E-state index in [9.17, 15) is 0 Å². The largest absolute Gasteiger partial charge is 0.493 e. The molecular formula is C20H25ClN2O. The van der Waals surface area contributed by atoms with Crippen molar-refractivity contribution in [1.82, 2.24) is 9.78 Å². The van der Waals surface area contributed by atoms with E-state index in [0.717, 1.165) is 35.1 Å². The highest BCUT2D eigenvalue weighted by Gasteiger charge is 2.18. The van der Waals surface area contributed by atoms with Crippen molar-refractivity contribution in [3.8, 4) is 0 Å². The number of hydrogen-bond acceptors (Lipinski definition) is 2. The third kappa shape index (κ3) is 4.41. The Bertz CT molecular complexity index is 676. The Kier molecular flexibility index (Phi) is 5.97. The Balaban J connectivity index is 1.73. The lowest BCUT2D eigenvalue weighted by Crippen LogP contribution is -2.11. The molecule has 4 heteroatoms. The van der Waals surface area contributed by atoms with E-state index in [2.05, 4.69) is 17.3 Å². The summed E-state index contributed by atoms with van der Waals surface area (Å²) < 4.78 is 8.18. The molecule has 0 amide bonds. The van der Waals surface area contributed by atoms with Crippen LogP contribution in [0.5, 0.6) is 0 Å². The molecule has 1 saturated carbocycles. The Morgan fingerprint density at radius 2 is 2.17 bits per heavy atom. The maximum absolute atomic E-state index is 6.22. The predicted octanol–water partition coefficient (Wildman–Crippen LogP) is 5.46. The minimum absolute atomic E-state index is 0.693. The Labute approximate surface area is 149 Å². The molecule has 1 heterocycles. The van der Waals surface area contributed by atoms with Gasteiger partial charge >= 0.3 is 0 Å². The van der Waals surface area contributed by atoms with Crippen molar-refractivity contribution in [2.24, 2.45) is 5.92 Å². The second-order valence-electron chi connectivity index (χ2n) is 6.45. The van der Waals surface area contributed by atoms with Crippen LogP contribution in [0.25, 0.3) is 6.08 Å². The zero-order valence-corrected chi connectivity index (χ0v) is 15.0. The van der Waals surface area contributed by atoms with Crippen molar-refractivity contribution < 1.29 is 4.74 Å². The maximum Gasteiger partial charge on any atom is 0.124 e. The van der Waals surface area contributed by atoms with Crippen LogP contribution in [0.15, 0.2) is 52.9 Å². The van der Waals surface area contributed by atoms with Crippen LogP contribution in [0.3, 0.4) is 0 Å². The van der Waals surface area contributed by atoms with Crippen LogP contribution < -0.4 is 0 Å². The molecule has 3 rings (SSSR count). The summed E-state index contributed by atoms with van der Waals surface area (Å²) in [6, 6.07) is 2.02. The van der Waals surface area contributed by atoms with Gasteiger partial charge in [0.15, 0.2) is 0 Å². The number of rotatable bonds is 6. The van der Waals surface area contributed by atoms with Gasteiger partial charge in [-0.2, -0.15) is 5.10 Å². The van der Waals surface area contributed by atoms with Crippen LogP contribution in [0.2, 0.25) is 0 Å². The third-order valence-corrected chi connectivity index (χ3v) is 4.91. The first-order chi connectivity index (χ1) is 11.8. The van der Waals surface area contributed by atoms with Gasteiger partial charge in [0.1, 0.15) is 5.76 Å². The minimum Gasteiger partial charge on any atom is -0.493 e. The fourth-order valence-corrected chi connectivity index (χ4v) is 3.42. The molecule has 0 bridgehead atoms. The SMILES string of the molecule is C/C=C\c1ccnn1CC1=CCC(Cl)=CC=C1OCC1CCCC1. The fraction of sp³-hybridized carbons (Fsp3) is 0.450. The molecule has 1 aromatic heterocycles. The van der Waals surface area contributed by atoms with Gasteiger partial charge < -0.3 is 4.74 Å². The molecule has 1 fully saturated rings. The summed E-state index contributed by atoms with van der Waals surface area (Å²) in [6.45, 7) is 3.51. The van der Waals surface area contributed by atoms with E-state index >= 15 is 0 Å². The lowest BCUT2D eigenvalue weighted by atomic mass is 10.1. The van der Waals surface area contributed by atoms with Gasteiger partial charge in [-0.3, -0.25) is 4.68 Å². The molecule has 3 nitrogen and oxygen atoms in total. The zero-order chi connectivity index (χ0) is 16.8. The molecule has 2 aliphatic carbocycles. The van der Waals surface area contributed by atoms with Crippen molar-refractivity contribution >= 4 is 17.7 Å². The Morgan fingerprint density at radius 3 is 2.96 bits per heavy atom. The van der Waals surface area contributed by atoms with E-state index < -0.39 is 0 Å². The normalized spacial score (nSPS) is 19.2. The lowest BCUT2D eigenvalue weighted by molar-refractivity contribution is 0.171. The summed E-state index contributed by atoms with van der Waals surface area (Å²) in [6.07, 6.45) is 18.0. The third-order valence-electron chi connectivity index (χ3n) is 4.63. The standard InChI is InChI=1S/C20H25ClN2O/c1-2-5-19-12-13-22-23(19)14-17-8-9-18(21)10-11-20(17)24-15-16-6-3-4-7-16/h2,5,8,10-13,16H,3-4,6-7,9,14-15H2,1H3/b5-2-. The second kappa shape index (κ2) is 8.39. The highest BCUT2D eigenvalue weighted by Crippen LogP contribution is 2.28. The molecule has 128 valence electrons. The zero-order valence-electron chi connectivity index (χ0n) is 14.2. The van der Waals surface area contributed by atoms with Crippen LogP contribution >= 0.6 is 11.6 Å². The monoisotopic (exact) mass is 344 g/mol. The highest BCUT2D eigenvalue weighted by molar-refractivity contribution is 6.29. The first kappa shape index (κ1) is 17.1. The molecule has 24 heavy (non-hydrogen) atoms. The Morgan fingerprint density at radius 1 is 1.33 bits per heavy atom. The van der Waals surface area contributed by atoms with Crippen molar-refractivity contribution in [3.63, 3.8) is 0 Å². The topological polar surface area (TPSA) is 27.1 Å². The molecule has 0 unspecified atom stereocenters. The van der Waals surface area contributed by atoms with Gasteiger partial charge in [0.25, 0.3) is 0 Å². The number of aromatic nitrogens is 2. The van der Waals surface area contributed by atoms with Gasteiger partial charge in [0, 0.05) is 23.2 Å². The highest BCUT2D eigenvalue weighted by atomic mass is 35.5. The Hall–Kier alpha value is -1.74. The average Bonchev–Trinajstić information content (AvgIpc) is 3.21. The van der Waals surface area contributed by atoms with E-state index in [4.69, 9.17) is 16.3 Å². The molecule has 0 saturated heterocycles. The van der Waals surface area contributed by atoms with Crippen LogP contribution in [-0.2, 0) is 11.3 Å². The van der Waals surface area contributed by atoms with Crippen LogP contribution in [0, 0.1) is 5.92 Å². The summed E-state index contributed by atoms with van der Waals surface area (Å²) in [5, 5.41) is 5.28. The van der Waals surface area contributed by atoms with Crippen LogP contribution in [-0.4, -0.2) is 16.4 Å². The second-order valence-corrected chi connectivity index (χ2v) is 6.94. The molecule has 0 radical (unpaired) electrons. The fourth-order valence-electron chi connectivity index (χ4n) is 3.28. The van der Waals surface area contributed by atoms with Gasteiger partial charge in [-0.25, -0.2) is 0 Å². The number of ether oxygens (including phenoxy) is 1. The van der Waals surface area contributed by atoms with Crippen LogP contribution in [0.1, 0.15) is 44.7 Å². The molecule has 0 N–H and O–H groups in total. The molecule has 1 aromatic rings. The van der Waals surface area contributed by atoms with Crippen molar-refractivity contribution in [2.75, 3.05) is 6.61 Å². The van der Waals surface area contributed by atoms with E-state index in [1.54, 1.807) is 0 Å². The lowest BCUT2D eigenvalue weighted by Gasteiger charge is -2.17. The summed E-state index contributed by atoms with van der Waals surface area (Å²) in [7, 11) is 0. The first-order valence-electron chi connectivity index (χ1n) is 8.79. The smallest absolute Gasteiger partial charge is 0.124 e. The van der Waals surface area contributed by atoms with Gasteiger partial charge in [-0.15, -0.1) is 0 Å². The molecule has 0 aromatic carbocycles. The van der Waals surface area contributed by atoms with E-state index in [1.165, 1.54) is 25.7 Å². The average molecular weight is 345 g/mol. The number of halogens is 1. The van der Waals surface area contributed by atoms with Gasteiger partial charge in [-0.1, -0.05) is 36.6 Å². The van der Waals surface area contributed by atoms with Gasteiger partial charge in [0.05, 0.1) is 18.8 Å². The number of hydrogen-bond donors (Lipinski definition) is 0. The molecule has 0 aliphatic heterocycles. The first-order valence-corrected chi connectivity index (χ1v) is 9.17. The molecule has 2 aliphatic rings. The quantitative estimate of drug-likeness (QED) is 0.685. The molecule has 0 atom stereocenters. The van der Waals surface area contributed by atoms with E-state index in [1.807, 2.05) is 42.1 Å². The van der Waals surface area contributed by atoms with Crippen LogP contribution in [0.4, 0.5) is 0 Å². The van der Waals surface area contributed by atoms with Gasteiger partial charge in [-0.05, 0) is 50.0 Å². The van der Waals surface area contributed by atoms with Crippen molar-refractivity contribution in [3.05, 3.63) is 58.6 Å². The summed E-state index contributed by atoms with van der Waals surface area (Å²) in [5.41, 5.74) is 2.24. The number of nitrogens with zero attached hydrogens (tertiary/aromatic N) is 2. The van der Waals surface area contributed by atoms with Crippen molar-refractivity contribution in [1.29, 1.82) is 0 Å². The molecular weight excluding hydrogens is 320 g/mol. The van der Waals surface area contributed by atoms with E-state index in [0.29, 0.717) is 12.5 Å². The summed E-state index contributed by atoms with van der Waals surface area (Å²) in [5.74, 6) is 1.62. The van der Waals surface area contributed by atoms with Gasteiger partial charge in [0.2, 0.25) is 0 Å². The van der Waals surface area contributed by atoms with E-state index in [-0.39, 0.29) is 0 Å². The maximum atomic E-state index is 6.22. The number of allylic oxidation sites excluding steroid dienone is 6. The minimum atomic E-state index is 0.693.